The minimum absolute atomic E-state index is 0.130. The van der Waals surface area contributed by atoms with Crippen LogP contribution in [0.3, 0.4) is 0 Å². The summed E-state index contributed by atoms with van der Waals surface area (Å²) in [5.41, 5.74) is 0. The van der Waals surface area contributed by atoms with Crippen LogP contribution in [-0.4, -0.2) is 17.2 Å². The third kappa shape index (κ3) is 3.49. The number of hydrogen-bond donors (Lipinski definition) is 1. The van der Waals surface area contributed by atoms with Crippen molar-refractivity contribution in [3.05, 3.63) is 29.8 Å². The predicted molar refractivity (Wildman–Crippen MR) is 53.3 cm³/mol. The molecule has 0 aliphatic heterocycles. The molecule has 1 N–H and O–H groups in total. The van der Waals surface area contributed by atoms with Crippen molar-refractivity contribution in [3.8, 4) is 5.75 Å². The number of carboxylic acids is 1. The molecular weight excluding hydrogens is 218 g/mol. The Balaban J connectivity index is 2.73. The number of rotatable bonds is 5. The van der Waals surface area contributed by atoms with E-state index in [9.17, 15) is 13.6 Å². The summed E-state index contributed by atoms with van der Waals surface area (Å²) < 4.78 is 30.9. The van der Waals surface area contributed by atoms with Crippen LogP contribution in [0.25, 0.3) is 0 Å². The molecule has 0 heterocycles. The van der Waals surface area contributed by atoms with Gasteiger partial charge >= 0.3 is 5.97 Å². The van der Waals surface area contributed by atoms with Crippen molar-refractivity contribution in [2.45, 2.75) is 25.9 Å². The van der Waals surface area contributed by atoms with Crippen molar-refractivity contribution >= 4 is 5.97 Å². The number of aliphatic carboxylic acids is 1. The van der Waals surface area contributed by atoms with Crippen LogP contribution in [0.1, 0.15) is 19.8 Å². The van der Waals surface area contributed by atoms with Gasteiger partial charge in [-0.3, -0.25) is 4.79 Å². The van der Waals surface area contributed by atoms with Gasteiger partial charge in [0.2, 0.25) is 0 Å². The standard InChI is InChI=1S/C11H12F2O3/c1-2-8(6-11(14)15)16-10-4-3-7(12)5-9(10)13/h3-5,8H,2,6H2,1H3,(H,14,15). The van der Waals surface area contributed by atoms with E-state index < -0.39 is 23.7 Å². The molecule has 88 valence electrons. The summed E-state index contributed by atoms with van der Waals surface area (Å²) >= 11 is 0. The molecule has 0 spiro atoms. The van der Waals surface area contributed by atoms with Gasteiger partial charge in [0, 0.05) is 6.07 Å². The molecule has 0 radical (unpaired) electrons. The summed E-state index contributed by atoms with van der Waals surface area (Å²) in [6, 6.07) is 2.91. The molecule has 16 heavy (non-hydrogen) atoms. The third-order valence-corrected chi connectivity index (χ3v) is 2.05. The van der Waals surface area contributed by atoms with Crippen LogP contribution < -0.4 is 4.74 Å². The highest BCUT2D eigenvalue weighted by Gasteiger charge is 2.15. The Labute approximate surface area is 91.7 Å². The number of carboxylic acid groups (broad SMARTS) is 1. The summed E-state index contributed by atoms with van der Waals surface area (Å²) in [6.07, 6.45) is -0.395. The minimum Gasteiger partial charge on any atom is -0.487 e. The highest BCUT2D eigenvalue weighted by atomic mass is 19.1. The Morgan fingerprint density at radius 2 is 2.19 bits per heavy atom. The van der Waals surface area contributed by atoms with Crippen LogP contribution in [-0.2, 0) is 4.79 Å². The maximum atomic E-state index is 13.2. The van der Waals surface area contributed by atoms with E-state index in [1.54, 1.807) is 6.92 Å². The second-order valence-electron chi connectivity index (χ2n) is 3.32. The largest absolute Gasteiger partial charge is 0.487 e. The van der Waals surface area contributed by atoms with Gasteiger partial charge in [0.1, 0.15) is 11.9 Å². The number of ether oxygens (including phenoxy) is 1. The van der Waals surface area contributed by atoms with E-state index in [1.165, 1.54) is 0 Å². The van der Waals surface area contributed by atoms with Crippen molar-refractivity contribution in [3.63, 3.8) is 0 Å². The molecule has 0 amide bonds. The lowest BCUT2D eigenvalue weighted by atomic mass is 10.2. The van der Waals surface area contributed by atoms with Gasteiger partial charge in [-0.25, -0.2) is 8.78 Å². The second-order valence-corrected chi connectivity index (χ2v) is 3.32. The minimum atomic E-state index is -1.02. The second kappa shape index (κ2) is 5.44. The van der Waals surface area contributed by atoms with Gasteiger partial charge in [-0.15, -0.1) is 0 Å². The van der Waals surface area contributed by atoms with Gasteiger partial charge in [0.25, 0.3) is 0 Å². The molecule has 1 rings (SSSR count). The maximum Gasteiger partial charge on any atom is 0.307 e. The molecule has 0 bridgehead atoms. The molecule has 0 saturated carbocycles. The van der Waals surface area contributed by atoms with Gasteiger partial charge in [-0.1, -0.05) is 6.92 Å². The first-order valence-corrected chi connectivity index (χ1v) is 4.86. The summed E-state index contributed by atoms with van der Waals surface area (Å²) in [5, 5.41) is 8.57. The fourth-order valence-electron chi connectivity index (χ4n) is 1.21. The van der Waals surface area contributed by atoms with E-state index >= 15 is 0 Å². The summed E-state index contributed by atoms with van der Waals surface area (Å²) in [6.45, 7) is 1.73. The molecule has 3 nitrogen and oxygen atoms in total. The molecule has 1 aromatic carbocycles. The third-order valence-electron chi connectivity index (χ3n) is 2.05. The molecule has 1 atom stereocenters. The average Bonchev–Trinajstić information content (AvgIpc) is 2.20. The SMILES string of the molecule is CCC(CC(=O)O)Oc1ccc(F)cc1F. The average molecular weight is 230 g/mol. The Kier molecular flexibility index (Phi) is 4.22. The molecule has 0 aliphatic rings. The van der Waals surface area contributed by atoms with E-state index in [0.717, 1.165) is 12.1 Å². The fourth-order valence-corrected chi connectivity index (χ4v) is 1.21. The molecule has 5 heteroatoms. The number of carbonyl (C=O) groups is 1. The normalized spacial score (nSPS) is 12.2. The van der Waals surface area contributed by atoms with Gasteiger partial charge in [0.15, 0.2) is 11.6 Å². The smallest absolute Gasteiger partial charge is 0.307 e. The van der Waals surface area contributed by atoms with Crippen molar-refractivity contribution in [2.75, 3.05) is 0 Å². The van der Waals surface area contributed by atoms with Crippen LogP contribution in [0.15, 0.2) is 18.2 Å². The number of benzene rings is 1. The molecule has 1 unspecified atom stereocenters. The zero-order valence-corrected chi connectivity index (χ0v) is 8.74. The van der Waals surface area contributed by atoms with Crippen LogP contribution in [0.4, 0.5) is 8.78 Å². The van der Waals surface area contributed by atoms with Gasteiger partial charge in [0.05, 0.1) is 6.42 Å². The summed E-state index contributed by atoms with van der Waals surface area (Å²) in [4.78, 5) is 10.5. The summed E-state index contributed by atoms with van der Waals surface area (Å²) in [7, 11) is 0. The van der Waals surface area contributed by atoms with Crippen LogP contribution in [0.5, 0.6) is 5.75 Å². The van der Waals surface area contributed by atoms with Gasteiger partial charge in [-0.05, 0) is 18.6 Å². The molecule has 1 aromatic rings. The Hall–Kier alpha value is -1.65. The van der Waals surface area contributed by atoms with E-state index in [4.69, 9.17) is 9.84 Å². The van der Waals surface area contributed by atoms with Crippen LogP contribution in [0.2, 0.25) is 0 Å². The Morgan fingerprint density at radius 1 is 1.50 bits per heavy atom. The fraction of sp³-hybridized carbons (Fsp3) is 0.364. The molecule has 0 saturated heterocycles. The summed E-state index contributed by atoms with van der Waals surface area (Å²) in [5.74, 6) is -2.68. The molecule has 0 aliphatic carbocycles. The van der Waals surface area contributed by atoms with Crippen LogP contribution in [0, 0.1) is 11.6 Å². The van der Waals surface area contributed by atoms with Crippen LogP contribution >= 0.6 is 0 Å². The van der Waals surface area contributed by atoms with Gasteiger partial charge < -0.3 is 9.84 Å². The first-order valence-electron chi connectivity index (χ1n) is 4.86. The first-order chi connectivity index (χ1) is 7.52. The molecular formula is C11H12F2O3. The van der Waals surface area contributed by atoms with E-state index in [2.05, 4.69) is 0 Å². The van der Waals surface area contributed by atoms with E-state index in [1.807, 2.05) is 0 Å². The van der Waals surface area contributed by atoms with Crippen molar-refractivity contribution in [2.24, 2.45) is 0 Å². The van der Waals surface area contributed by atoms with Crippen molar-refractivity contribution in [1.29, 1.82) is 0 Å². The lowest BCUT2D eigenvalue weighted by Crippen LogP contribution is -2.20. The lowest BCUT2D eigenvalue weighted by molar-refractivity contribution is -0.138. The number of hydrogen-bond acceptors (Lipinski definition) is 2. The zero-order chi connectivity index (χ0) is 12.1. The maximum absolute atomic E-state index is 13.2. The first kappa shape index (κ1) is 12.4. The monoisotopic (exact) mass is 230 g/mol. The van der Waals surface area contributed by atoms with Crippen molar-refractivity contribution < 1.29 is 23.4 Å². The topological polar surface area (TPSA) is 46.5 Å². The van der Waals surface area contributed by atoms with Crippen molar-refractivity contribution in [1.82, 2.24) is 0 Å². The molecule has 0 fully saturated rings. The van der Waals surface area contributed by atoms with E-state index in [0.29, 0.717) is 12.5 Å². The van der Waals surface area contributed by atoms with Gasteiger partial charge in [-0.2, -0.15) is 0 Å². The zero-order valence-electron chi connectivity index (χ0n) is 8.74. The predicted octanol–water partition coefficient (Wildman–Crippen LogP) is 2.60. The van der Waals surface area contributed by atoms with E-state index in [-0.39, 0.29) is 12.2 Å². The quantitative estimate of drug-likeness (QED) is 0.845. The number of halogens is 2. The Morgan fingerprint density at radius 3 is 2.69 bits per heavy atom. The molecule has 0 aromatic heterocycles. The highest BCUT2D eigenvalue weighted by Crippen LogP contribution is 2.20. The lowest BCUT2D eigenvalue weighted by Gasteiger charge is -2.15. The Bertz CT molecular complexity index is 379. The highest BCUT2D eigenvalue weighted by molar-refractivity contribution is 5.67.